The van der Waals surface area contributed by atoms with Crippen LogP contribution < -0.4 is 0 Å². The van der Waals surface area contributed by atoms with Crippen LogP contribution in [0.15, 0.2) is 0 Å². The van der Waals surface area contributed by atoms with Crippen LogP contribution in [0.2, 0.25) is 0 Å². The van der Waals surface area contributed by atoms with Gasteiger partial charge in [-0.1, -0.05) is 13.8 Å². The zero-order valence-electron chi connectivity index (χ0n) is 7.62. The molecule has 0 aliphatic rings. The molecule has 0 radical (unpaired) electrons. The molecule has 0 aromatic heterocycles. The summed E-state index contributed by atoms with van der Waals surface area (Å²) in [7, 11) is 0. The summed E-state index contributed by atoms with van der Waals surface area (Å²) in [4.78, 5) is 21.2. The van der Waals surface area contributed by atoms with Crippen molar-refractivity contribution in [1.29, 1.82) is 0 Å². The lowest BCUT2D eigenvalue weighted by Crippen LogP contribution is -2.16. The van der Waals surface area contributed by atoms with Crippen molar-refractivity contribution in [2.24, 2.45) is 5.92 Å². The maximum atomic E-state index is 10.9. The van der Waals surface area contributed by atoms with Crippen LogP contribution in [0.4, 0.5) is 0 Å². The van der Waals surface area contributed by atoms with E-state index < -0.39 is 5.97 Å². The molecule has 0 heterocycles. The SMILES string of the molecule is CCC(C)C(=O)OCOC(C)=O. The van der Waals surface area contributed by atoms with E-state index in [9.17, 15) is 9.59 Å². The van der Waals surface area contributed by atoms with Gasteiger partial charge in [0.05, 0.1) is 5.92 Å². The minimum Gasteiger partial charge on any atom is -0.428 e. The van der Waals surface area contributed by atoms with E-state index in [1.54, 1.807) is 6.92 Å². The van der Waals surface area contributed by atoms with E-state index >= 15 is 0 Å². The van der Waals surface area contributed by atoms with E-state index in [4.69, 9.17) is 0 Å². The van der Waals surface area contributed by atoms with Gasteiger partial charge in [0.1, 0.15) is 0 Å². The zero-order valence-corrected chi connectivity index (χ0v) is 7.62. The number of rotatable bonds is 4. The predicted molar refractivity (Wildman–Crippen MR) is 42.2 cm³/mol. The van der Waals surface area contributed by atoms with Crippen LogP contribution in [0.3, 0.4) is 0 Å². The molecule has 0 fully saturated rings. The maximum absolute atomic E-state index is 10.9. The van der Waals surface area contributed by atoms with E-state index in [2.05, 4.69) is 9.47 Å². The fourth-order valence-corrected chi connectivity index (χ4v) is 0.479. The lowest BCUT2D eigenvalue weighted by atomic mass is 10.1. The summed E-state index contributed by atoms with van der Waals surface area (Å²) < 4.78 is 9.05. The molecule has 1 atom stereocenters. The Balaban J connectivity index is 3.50. The summed E-state index contributed by atoms with van der Waals surface area (Å²) in [5, 5.41) is 0. The van der Waals surface area contributed by atoms with Crippen molar-refractivity contribution < 1.29 is 19.1 Å². The summed E-state index contributed by atoms with van der Waals surface area (Å²) in [6, 6.07) is 0. The van der Waals surface area contributed by atoms with Gasteiger partial charge in [-0.3, -0.25) is 9.59 Å². The zero-order chi connectivity index (χ0) is 9.56. The van der Waals surface area contributed by atoms with Crippen LogP contribution in [0.25, 0.3) is 0 Å². The Hall–Kier alpha value is -1.06. The molecule has 1 unspecified atom stereocenters. The first-order chi connectivity index (χ1) is 5.57. The number of carbonyl (C=O) groups excluding carboxylic acids is 2. The molecule has 0 spiro atoms. The lowest BCUT2D eigenvalue weighted by Gasteiger charge is -2.08. The Bertz CT molecular complexity index is 164. The molecule has 0 aromatic rings. The Morgan fingerprint density at radius 3 is 2.33 bits per heavy atom. The van der Waals surface area contributed by atoms with Crippen LogP contribution in [0.1, 0.15) is 27.2 Å². The van der Waals surface area contributed by atoms with Gasteiger partial charge in [-0.2, -0.15) is 0 Å². The van der Waals surface area contributed by atoms with Crippen molar-refractivity contribution in [3.63, 3.8) is 0 Å². The normalized spacial score (nSPS) is 11.9. The van der Waals surface area contributed by atoms with Crippen molar-refractivity contribution in [2.75, 3.05) is 6.79 Å². The molecule has 0 saturated carbocycles. The summed E-state index contributed by atoms with van der Waals surface area (Å²) in [6.45, 7) is 4.63. The highest BCUT2D eigenvalue weighted by molar-refractivity contribution is 5.72. The second-order valence-electron chi connectivity index (χ2n) is 2.53. The standard InChI is InChI=1S/C8H14O4/c1-4-6(2)8(10)12-5-11-7(3)9/h6H,4-5H2,1-3H3. The van der Waals surface area contributed by atoms with Crippen LogP contribution in [0.5, 0.6) is 0 Å². The number of hydrogen-bond acceptors (Lipinski definition) is 4. The summed E-state index contributed by atoms with van der Waals surface area (Å²) in [5.74, 6) is -0.925. The predicted octanol–water partition coefficient (Wildman–Crippen LogP) is 1.10. The third-order valence-electron chi connectivity index (χ3n) is 1.48. The molecule has 0 saturated heterocycles. The second kappa shape index (κ2) is 5.57. The average molecular weight is 174 g/mol. The van der Waals surface area contributed by atoms with E-state index in [0.29, 0.717) is 0 Å². The Kier molecular flexibility index (Phi) is 5.08. The highest BCUT2D eigenvalue weighted by atomic mass is 16.7. The van der Waals surface area contributed by atoms with Gasteiger partial charge in [0, 0.05) is 6.92 Å². The molecule has 0 bridgehead atoms. The van der Waals surface area contributed by atoms with Crippen LogP contribution in [-0.2, 0) is 19.1 Å². The quantitative estimate of drug-likeness (QED) is 0.473. The van der Waals surface area contributed by atoms with E-state index in [1.165, 1.54) is 6.92 Å². The third-order valence-corrected chi connectivity index (χ3v) is 1.48. The highest BCUT2D eigenvalue weighted by Crippen LogP contribution is 2.02. The van der Waals surface area contributed by atoms with Crippen LogP contribution in [-0.4, -0.2) is 18.7 Å². The smallest absolute Gasteiger partial charge is 0.311 e. The van der Waals surface area contributed by atoms with Gasteiger partial charge < -0.3 is 9.47 Å². The van der Waals surface area contributed by atoms with Gasteiger partial charge in [0.25, 0.3) is 0 Å². The average Bonchev–Trinajstić information content (AvgIpc) is 2.02. The lowest BCUT2D eigenvalue weighted by molar-refractivity contribution is -0.168. The van der Waals surface area contributed by atoms with Crippen molar-refractivity contribution >= 4 is 11.9 Å². The topological polar surface area (TPSA) is 52.6 Å². The van der Waals surface area contributed by atoms with E-state index in [-0.39, 0.29) is 18.7 Å². The van der Waals surface area contributed by atoms with Gasteiger partial charge in [-0.15, -0.1) is 0 Å². The van der Waals surface area contributed by atoms with Crippen LogP contribution >= 0.6 is 0 Å². The van der Waals surface area contributed by atoms with Gasteiger partial charge >= 0.3 is 11.9 Å². The van der Waals surface area contributed by atoms with Gasteiger partial charge in [-0.25, -0.2) is 0 Å². The van der Waals surface area contributed by atoms with Gasteiger partial charge in [0.15, 0.2) is 0 Å². The van der Waals surface area contributed by atoms with Crippen molar-refractivity contribution in [3.8, 4) is 0 Å². The van der Waals surface area contributed by atoms with Gasteiger partial charge in [-0.05, 0) is 6.42 Å². The molecular weight excluding hydrogens is 160 g/mol. The first-order valence-corrected chi connectivity index (χ1v) is 3.88. The molecule has 12 heavy (non-hydrogen) atoms. The van der Waals surface area contributed by atoms with Crippen molar-refractivity contribution in [2.45, 2.75) is 27.2 Å². The molecule has 70 valence electrons. The van der Waals surface area contributed by atoms with Gasteiger partial charge in [0.2, 0.25) is 6.79 Å². The largest absolute Gasteiger partial charge is 0.428 e. The Morgan fingerprint density at radius 1 is 1.33 bits per heavy atom. The molecule has 0 amide bonds. The molecule has 0 aliphatic carbocycles. The third kappa shape index (κ3) is 4.71. The molecule has 4 nitrogen and oxygen atoms in total. The monoisotopic (exact) mass is 174 g/mol. The highest BCUT2D eigenvalue weighted by Gasteiger charge is 2.11. The number of esters is 2. The fraction of sp³-hybridized carbons (Fsp3) is 0.750. The van der Waals surface area contributed by atoms with Crippen molar-refractivity contribution in [1.82, 2.24) is 0 Å². The first kappa shape index (κ1) is 10.9. The Labute approximate surface area is 71.8 Å². The molecule has 0 aliphatic heterocycles. The van der Waals surface area contributed by atoms with Crippen molar-refractivity contribution in [3.05, 3.63) is 0 Å². The minimum atomic E-state index is -0.452. The van der Waals surface area contributed by atoms with E-state index in [0.717, 1.165) is 6.42 Å². The minimum absolute atomic E-state index is 0.138. The first-order valence-electron chi connectivity index (χ1n) is 3.88. The number of hydrogen-bond donors (Lipinski definition) is 0. The molecule has 0 rings (SSSR count). The summed E-state index contributed by atoms with van der Waals surface area (Å²) in [6.07, 6.45) is 0.721. The molecule has 0 aromatic carbocycles. The Morgan fingerprint density at radius 2 is 1.92 bits per heavy atom. The summed E-state index contributed by atoms with van der Waals surface area (Å²) in [5.41, 5.74) is 0. The van der Waals surface area contributed by atoms with E-state index in [1.807, 2.05) is 6.92 Å². The number of ether oxygens (including phenoxy) is 2. The maximum Gasteiger partial charge on any atom is 0.311 e. The molecular formula is C8H14O4. The molecule has 4 heteroatoms. The fourth-order valence-electron chi connectivity index (χ4n) is 0.479. The molecule has 0 N–H and O–H groups in total. The van der Waals surface area contributed by atoms with Crippen LogP contribution in [0, 0.1) is 5.92 Å². The second-order valence-corrected chi connectivity index (χ2v) is 2.53. The summed E-state index contributed by atoms with van der Waals surface area (Å²) >= 11 is 0. The number of carbonyl (C=O) groups is 2.